The predicted molar refractivity (Wildman–Crippen MR) is 92.1 cm³/mol. The van der Waals surface area contributed by atoms with E-state index in [1.54, 1.807) is 0 Å². The van der Waals surface area contributed by atoms with E-state index in [9.17, 15) is 19.2 Å². The van der Waals surface area contributed by atoms with Crippen LogP contribution < -0.4 is 0 Å². The van der Waals surface area contributed by atoms with Gasteiger partial charge in [-0.3, -0.25) is 9.59 Å². The van der Waals surface area contributed by atoms with Crippen molar-refractivity contribution in [1.82, 2.24) is 0 Å². The molecule has 0 aromatic carbocycles. The molecule has 2 unspecified atom stereocenters. The summed E-state index contributed by atoms with van der Waals surface area (Å²) in [6.45, 7) is 7.27. The molecule has 0 heterocycles. The zero-order chi connectivity index (χ0) is 19.9. The van der Waals surface area contributed by atoms with Crippen LogP contribution in [0.1, 0.15) is 66.2 Å². The molecule has 150 valence electrons. The number of hydrogen-bond acceptors (Lipinski definition) is 8. The Morgan fingerprint density at radius 1 is 0.692 bits per heavy atom. The van der Waals surface area contributed by atoms with E-state index in [0.29, 0.717) is 0 Å². The van der Waals surface area contributed by atoms with Gasteiger partial charge in [-0.1, -0.05) is 26.7 Å². The Morgan fingerprint density at radius 2 is 1.04 bits per heavy atom. The van der Waals surface area contributed by atoms with E-state index < -0.39 is 36.1 Å². The minimum atomic E-state index is -1.04. The van der Waals surface area contributed by atoms with Crippen LogP contribution in [0.25, 0.3) is 0 Å². The van der Waals surface area contributed by atoms with Crippen molar-refractivity contribution in [2.24, 2.45) is 0 Å². The number of carbonyl (C=O) groups excluding carboxylic acids is 4. The molecule has 0 N–H and O–H groups in total. The summed E-state index contributed by atoms with van der Waals surface area (Å²) in [6.07, 6.45) is 0.633. The Hall–Kier alpha value is -2.12. The van der Waals surface area contributed by atoms with E-state index in [0.717, 1.165) is 25.7 Å². The lowest BCUT2D eigenvalue weighted by Gasteiger charge is -2.14. The van der Waals surface area contributed by atoms with Crippen molar-refractivity contribution >= 4 is 23.9 Å². The predicted octanol–water partition coefficient (Wildman–Crippen LogP) is 2.32. The monoisotopic (exact) mass is 374 g/mol. The van der Waals surface area contributed by atoms with Crippen LogP contribution in [0.2, 0.25) is 0 Å². The van der Waals surface area contributed by atoms with Gasteiger partial charge in [-0.05, 0) is 26.7 Å². The first-order chi connectivity index (χ1) is 12.3. The third-order valence-corrected chi connectivity index (χ3v) is 3.30. The topological polar surface area (TPSA) is 105 Å². The first-order valence-corrected chi connectivity index (χ1v) is 9.04. The summed E-state index contributed by atoms with van der Waals surface area (Å²) in [5.74, 6) is -2.70. The van der Waals surface area contributed by atoms with Gasteiger partial charge in [-0.25, -0.2) is 9.59 Å². The van der Waals surface area contributed by atoms with Gasteiger partial charge in [0.2, 0.25) is 0 Å². The maximum absolute atomic E-state index is 11.7. The zero-order valence-electron chi connectivity index (χ0n) is 16.1. The second kappa shape index (κ2) is 14.1. The van der Waals surface area contributed by atoms with E-state index in [2.05, 4.69) is 0 Å². The summed E-state index contributed by atoms with van der Waals surface area (Å²) in [7, 11) is 0. The second-order valence-electron chi connectivity index (χ2n) is 5.81. The smallest absolute Gasteiger partial charge is 0.347 e. The molecule has 26 heavy (non-hydrogen) atoms. The highest BCUT2D eigenvalue weighted by Crippen LogP contribution is 2.05. The highest BCUT2D eigenvalue weighted by molar-refractivity contribution is 5.83. The highest BCUT2D eigenvalue weighted by atomic mass is 16.6. The molecule has 0 aromatic rings. The molecule has 0 aliphatic heterocycles. The number of carbonyl (C=O) groups is 4. The van der Waals surface area contributed by atoms with Gasteiger partial charge in [0.15, 0.2) is 12.2 Å². The summed E-state index contributed by atoms with van der Waals surface area (Å²) in [5, 5.41) is 0. The van der Waals surface area contributed by atoms with Crippen molar-refractivity contribution in [1.29, 1.82) is 0 Å². The van der Waals surface area contributed by atoms with Gasteiger partial charge < -0.3 is 18.9 Å². The molecule has 0 spiro atoms. The molecular formula is C18H30O8. The first-order valence-electron chi connectivity index (χ1n) is 9.04. The second-order valence-corrected chi connectivity index (χ2v) is 5.81. The van der Waals surface area contributed by atoms with Crippen LogP contribution in [0, 0.1) is 0 Å². The summed E-state index contributed by atoms with van der Waals surface area (Å²) in [6, 6.07) is 0. The Labute approximate surface area is 154 Å². The van der Waals surface area contributed by atoms with E-state index in [1.807, 2.05) is 13.8 Å². The summed E-state index contributed by atoms with van der Waals surface area (Å²) in [4.78, 5) is 46.5. The van der Waals surface area contributed by atoms with Crippen LogP contribution in [0.15, 0.2) is 0 Å². The first kappa shape index (κ1) is 23.9. The number of rotatable bonds is 13. The van der Waals surface area contributed by atoms with Gasteiger partial charge in [-0.15, -0.1) is 0 Å². The van der Waals surface area contributed by atoms with Gasteiger partial charge in [0.25, 0.3) is 0 Å². The van der Waals surface area contributed by atoms with Gasteiger partial charge in [0, 0.05) is 0 Å². The fourth-order valence-electron chi connectivity index (χ4n) is 1.68. The van der Waals surface area contributed by atoms with Crippen LogP contribution >= 0.6 is 0 Å². The van der Waals surface area contributed by atoms with Crippen molar-refractivity contribution < 1.29 is 38.1 Å². The number of unbranched alkanes of at least 4 members (excludes halogenated alkanes) is 2. The van der Waals surface area contributed by atoms with Crippen LogP contribution in [0.4, 0.5) is 0 Å². The summed E-state index contributed by atoms with van der Waals surface area (Å²) < 4.78 is 19.7. The minimum Gasteiger partial charge on any atom is -0.463 e. The zero-order valence-corrected chi connectivity index (χ0v) is 16.1. The standard InChI is InChI=1S/C18H30O8/c1-5-7-11-23-17(21)13(3)25-15(19)9-10-16(20)26-14(4)18(22)24-12-8-6-2/h13-14H,5-12H2,1-4H3. The maximum atomic E-state index is 11.7. The molecule has 8 heteroatoms. The van der Waals surface area contributed by atoms with Gasteiger partial charge >= 0.3 is 23.9 Å². The molecular weight excluding hydrogens is 344 g/mol. The Bertz CT molecular complexity index is 418. The summed E-state index contributed by atoms with van der Waals surface area (Å²) in [5.41, 5.74) is 0. The SMILES string of the molecule is CCCCOC(=O)C(C)OC(=O)CCC(=O)OC(C)C(=O)OCCCC. The van der Waals surface area contributed by atoms with E-state index in [-0.39, 0.29) is 26.1 Å². The van der Waals surface area contributed by atoms with E-state index in [4.69, 9.17) is 18.9 Å². The van der Waals surface area contributed by atoms with Gasteiger partial charge in [0.05, 0.1) is 26.1 Å². The van der Waals surface area contributed by atoms with Crippen molar-refractivity contribution in [2.75, 3.05) is 13.2 Å². The van der Waals surface area contributed by atoms with Crippen LogP contribution in [0.3, 0.4) is 0 Å². The normalized spacial score (nSPS) is 12.6. The average Bonchev–Trinajstić information content (AvgIpc) is 2.60. The molecule has 0 aliphatic rings. The van der Waals surface area contributed by atoms with Crippen molar-refractivity contribution in [3.8, 4) is 0 Å². The van der Waals surface area contributed by atoms with E-state index in [1.165, 1.54) is 13.8 Å². The Kier molecular flexibility index (Phi) is 12.9. The molecule has 0 fully saturated rings. The average molecular weight is 374 g/mol. The van der Waals surface area contributed by atoms with Gasteiger partial charge in [0.1, 0.15) is 0 Å². The number of hydrogen-bond donors (Lipinski definition) is 0. The fourth-order valence-corrected chi connectivity index (χ4v) is 1.68. The molecule has 0 rings (SSSR count). The lowest BCUT2D eigenvalue weighted by molar-refractivity contribution is -0.169. The van der Waals surface area contributed by atoms with Crippen molar-refractivity contribution in [2.45, 2.75) is 78.4 Å². The minimum absolute atomic E-state index is 0.261. The summed E-state index contributed by atoms with van der Waals surface area (Å²) >= 11 is 0. The number of esters is 4. The maximum Gasteiger partial charge on any atom is 0.347 e. The lowest BCUT2D eigenvalue weighted by atomic mass is 10.3. The Balaban J connectivity index is 4.04. The fraction of sp³-hybridized carbons (Fsp3) is 0.778. The molecule has 0 saturated carbocycles. The third kappa shape index (κ3) is 11.4. The van der Waals surface area contributed by atoms with Crippen LogP contribution in [-0.4, -0.2) is 49.3 Å². The van der Waals surface area contributed by atoms with Crippen molar-refractivity contribution in [3.05, 3.63) is 0 Å². The Morgan fingerprint density at radius 3 is 1.35 bits per heavy atom. The molecule has 0 aliphatic carbocycles. The largest absolute Gasteiger partial charge is 0.463 e. The third-order valence-electron chi connectivity index (χ3n) is 3.30. The molecule has 2 atom stereocenters. The highest BCUT2D eigenvalue weighted by Gasteiger charge is 2.22. The lowest BCUT2D eigenvalue weighted by Crippen LogP contribution is -2.28. The molecule has 0 amide bonds. The molecule has 0 radical (unpaired) electrons. The van der Waals surface area contributed by atoms with Crippen molar-refractivity contribution in [3.63, 3.8) is 0 Å². The number of ether oxygens (including phenoxy) is 4. The molecule has 0 aromatic heterocycles. The molecule has 0 saturated heterocycles. The quantitative estimate of drug-likeness (QED) is 0.275. The van der Waals surface area contributed by atoms with Gasteiger partial charge in [-0.2, -0.15) is 0 Å². The van der Waals surface area contributed by atoms with E-state index >= 15 is 0 Å². The van der Waals surface area contributed by atoms with Crippen LogP contribution in [0.5, 0.6) is 0 Å². The molecule has 0 bridgehead atoms. The van der Waals surface area contributed by atoms with Crippen LogP contribution in [-0.2, 0) is 38.1 Å². The molecule has 8 nitrogen and oxygen atoms in total.